The van der Waals surface area contributed by atoms with Gasteiger partial charge in [0.15, 0.2) is 0 Å². The Labute approximate surface area is 171 Å². The first kappa shape index (κ1) is 21.6. The maximum Gasteiger partial charge on any atom is 0.320 e. The third kappa shape index (κ3) is 5.16. The van der Waals surface area contributed by atoms with Crippen molar-refractivity contribution < 1.29 is 9.59 Å². The molecule has 0 bridgehead atoms. The van der Waals surface area contributed by atoms with Crippen molar-refractivity contribution in [1.29, 1.82) is 0 Å². The van der Waals surface area contributed by atoms with E-state index in [4.69, 9.17) is 5.73 Å². The molecule has 0 aliphatic heterocycles. The van der Waals surface area contributed by atoms with Gasteiger partial charge in [0, 0.05) is 11.4 Å². The molecule has 7 heteroatoms. The fourth-order valence-electron chi connectivity index (χ4n) is 3.35. The van der Waals surface area contributed by atoms with E-state index in [-0.39, 0.29) is 24.4 Å². The van der Waals surface area contributed by atoms with Gasteiger partial charge in [0.1, 0.15) is 5.54 Å². The summed E-state index contributed by atoms with van der Waals surface area (Å²) in [6.07, 6.45) is 2.83. The Kier molecular flexibility index (Phi) is 6.91. The zero-order valence-corrected chi connectivity index (χ0v) is 16.9. The van der Waals surface area contributed by atoms with E-state index >= 15 is 0 Å². The van der Waals surface area contributed by atoms with Crippen LogP contribution in [0, 0.1) is 0 Å². The largest absolute Gasteiger partial charge is 0.399 e. The van der Waals surface area contributed by atoms with Crippen molar-refractivity contribution in [3.05, 3.63) is 59.7 Å². The van der Waals surface area contributed by atoms with Crippen LogP contribution in [0.4, 0.5) is 16.2 Å². The minimum Gasteiger partial charge on any atom is -0.399 e. The number of hydrogen-bond acceptors (Lipinski definition) is 3. The minimum absolute atomic E-state index is 0. The molecule has 5 N–H and O–H groups in total. The summed E-state index contributed by atoms with van der Waals surface area (Å²) in [7, 11) is 0. The van der Waals surface area contributed by atoms with E-state index in [0.29, 0.717) is 5.69 Å². The number of rotatable bonds is 4. The number of para-hydroxylation sites is 1. The number of anilines is 2. The summed E-state index contributed by atoms with van der Waals surface area (Å²) in [6, 6.07) is 14.5. The molecule has 0 aromatic heterocycles. The number of amides is 3. The molecule has 1 unspecified atom stereocenters. The smallest absolute Gasteiger partial charge is 0.320 e. The second-order valence-corrected chi connectivity index (χ2v) is 7.45. The topological polar surface area (TPSA) is 96.2 Å². The van der Waals surface area contributed by atoms with Crippen molar-refractivity contribution in [3.8, 4) is 0 Å². The number of halogens is 1. The molecular weight excluding hydrogens is 376 g/mol. The van der Waals surface area contributed by atoms with Crippen LogP contribution in [-0.4, -0.2) is 17.5 Å². The lowest BCUT2D eigenvalue weighted by Gasteiger charge is -2.31. The molecule has 6 nitrogen and oxygen atoms in total. The van der Waals surface area contributed by atoms with Crippen LogP contribution >= 0.6 is 12.4 Å². The first-order chi connectivity index (χ1) is 12.8. The van der Waals surface area contributed by atoms with Crippen molar-refractivity contribution >= 4 is 35.7 Å². The molecule has 0 fully saturated rings. The van der Waals surface area contributed by atoms with Crippen LogP contribution < -0.4 is 21.7 Å². The highest BCUT2D eigenvalue weighted by Gasteiger charge is 2.32. The molecular formula is C21H27ClN4O2. The molecule has 0 saturated heterocycles. The summed E-state index contributed by atoms with van der Waals surface area (Å²) in [6.45, 7) is 3.39. The highest BCUT2D eigenvalue weighted by atomic mass is 35.5. The Balaban J connectivity index is 0.00000280. The number of nitrogen functional groups attached to an aromatic ring is 1. The van der Waals surface area contributed by atoms with E-state index < -0.39 is 11.6 Å². The Hall–Kier alpha value is -2.73. The van der Waals surface area contributed by atoms with Crippen molar-refractivity contribution in [2.24, 2.45) is 0 Å². The lowest BCUT2D eigenvalue weighted by Crippen LogP contribution is -2.56. The minimum atomic E-state index is -1.05. The zero-order valence-electron chi connectivity index (χ0n) is 16.1. The van der Waals surface area contributed by atoms with Crippen LogP contribution in [0.5, 0.6) is 0 Å². The van der Waals surface area contributed by atoms with Crippen LogP contribution in [0.15, 0.2) is 48.5 Å². The molecule has 3 amide bonds. The van der Waals surface area contributed by atoms with E-state index in [0.717, 1.165) is 30.5 Å². The molecule has 150 valence electrons. The number of hydrogen-bond donors (Lipinski definition) is 4. The number of aryl methyl sites for hydroxylation is 1. The molecule has 1 aliphatic carbocycles. The normalized spacial score (nSPS) is 15.6. The molecule has 1 atom stereocenters. The monoisotopic (exact) mass is 402 g/mol. The highest BCUT2D eigenvalue weighted by molar-refractivity contribution is 5.95. The number of urea groups is 1. The van der Waals surface area contributed by atoms with Crippen molar-refractivity contribution in [1.82, 2.24) is 10.6 Å². The summed E-state index contributed by atoms with van der Waals surface area (Å²) >= 11 is 0. The van der Waals surface area contributed by atoms with Crippen LogP contribution in [-0.2, 0) is 11.2 Å². The highest BCUT2D eigenvalue weighted by Crippen LogP contribution is 2.31. The zero-order chi connectivity index (χ0) is 19.4. The average Bonchev–Trinajstić information content (AvgIpc) is 2.62. The van der Waals surface area contributed by atoms with Crippen molar-refractivity contribution in [2.75, 3.05) is 11.1 Å². The van der Waals surface area contributed by atoms with Crippen LogP contribution in [0.1, 0.15) is 43.9 Å². The predicted octanol–water partition coefficient (Wildman–Crippen LogP) is 3.78. The SMILES string of the molecule is CC(C)(NC(=O)Nc1ccccc1)C(=O)NC1CCCc2cc(N)ccc21.Cl. The molecule has 0 saturated carbocycles. The van der Waals surface area contributed by atoms with Gasteiger partial charge in [-0.2, -0.15) is 0 Å². The summed E-state index contributed by atoms with van der Waals surface area (Å²) in [5.74, 6) is -0.222. The van der Waals surface area contributed by atoms with Crippen molar-refractivity contribution in [2.45, 2.75) is 44.7 Å². The molecule has 3 rings (SSSR count). The summed E-state index contributed by atoms with van der Waals surface area (Å²) < 4.78 is 0. The maximum atomic E-state index is 12.8. The lowest BCUT2D eigenvalue weighted by atomic mass is 9.87. The van der Waals surface area contributed by atoms with Gasteiger partial charge < -0.3 is 21.7 Å². The van der Waals surface area contributed by atoms with Gasteiger partial charge in [-0.05, 0) is 68.5 Å². The van der Waals surface area contributed by atoms with Crippen LogP contribution in [0.2, 0.25) is 0 Å². The fourth-order valence-corrected chi connectivity index (χ4v) is 3.35. The molecule has 1 aliphatic rings. The third-order valence-corrected chi connectivity index (χ3v) is 4.81. The maximum absolute atomic E-state index is 12.8. The average molecular weight is 403 g/mol. The van der Waals surface area contributed by atoms with Crippen LogP contribution in [0.3, 0.4) is 0 Å². The number of fused-ring (bicyclic) bond motifs is 1. The van der Waals surface area contributed by atoms with E-state index in [2.05, 4.69) is 16.0 Å². The van der Waals surface area contributed by atoms with Gasteiger partial charge in [-0.15, -0.1) is 12.4 Å². The van der Waals surface area contributed by atoms with Gasteiger partial charge >= 0.3 is 6.03 Å². The summed E-state index contributed by atoms with van der Waals surface area (Å²) in [5.41, 5.74) is 8.52. The second kappa shape index (κ2) is 8.97. The Bertz CT molecular complexity index is 840. The number of carbonyl (C=O) groups is 2. The Morgan fingerprint density at radius 2 is 1.82 bits per heavy atom. The number of nitrogens with one attached hydrogen (secondary N) is 3. The van der Waals surface area contributed by atoms with Gasteiger partial charge in [-0.25, -0.2) is 4.79 Å². The van der Waals surface area contributed by atoms with Gasteiger partial charge in [-0.1, -0.05) is 24.3 Å². The summed E-state index contributed by atoms with van der Waals surface area (Å²) in [4.78, 5) is 25.1. The number of nitrogens with two attached hydrogens (primary N) is 1. The molecule has 2 aromatic carbocycles. The Morgan fingerprint density at radius 3 is 2.54 bits per heavy atom. The summed E-state index contributed by atoms with van der Waals surface area (Å²) in [5, 5.41) is 8.56. The number of carbonyl (C=O) groups excluding carboxylic acids is 2. The molecule has 0 radical (unpaired) electrons. The van der Waals surface area contributed by atoms with Gasteiger partial charge in [0.2, 0.25) is 5.91 Å². The Morgan fingerprint density at radius 1 is 1.11 bits per heavy atom. The van der Waals surface area contributed by atoms with E-state index in [1.165, 1.54) is 5.56 Å². The first-order valence-electron chi connectivity index (χ1n) is 9.18. The molecule has 28 heavy (non-hydrogen) atoms. The lowest BCUT2D eigenvalue weighted by molar-refractivity contribution is -0.126. The third-order valence-electron chi connectivity index (χ3n) is 4.81. The molecule has 0 heterocycles. The predicted molar refractivity (Wildman–Crippen MR) is 115 cm³/mol. The standard InChI is InChI=1S/C21H26N4O2.ClH/c1-21(2,25-20(27)23-16-8-4-3-5-9-16)19(26)24-18-10-6-7-14-13-15(22)11-12-17(14)18;/h3-5,8-9,11-13,18H,6-7,10,22H2,1-2H3,(H,24,26)(H2,23,25,27);1H. The van der Waals surface area contributed by atoms with E-state index in [9.17, 15) is 9.59 Å². The molecule has 0 spiro atoms. The van der Waals surface area contributed by atoms with Crippen molar-refractivity contribution in [3.63, 3.8) is 0 Å². The first-order valence-corrected chi connectivity index (χ1v) is 9.18. The van der Waals surface area contributed by atoms with E-state index in [1.54, 1.807) is 26.0 Å². The fraction of sp³-hybridized carbons (Fsp3) is 0.333. The quantitative estimate of drug-likeness (QED) is 0.586. The van der Waals surface area contributed by atoms with Gasteiger partial charge in [-0.3, -0.25) is 4.79 Å². The van der Waals surface area contributed by atoms with Crippen LogP contribution in [0.25, 0.3) is 0 Å². The second-order valence-electron chi connectivity index (χ2n) is 7.45. The van der Waals surface area contributed by atoms with Gasteiger partial charge in [0.25, 0.3) is 0 Å². The van der Waals surface area contributed by atoms with E-state index in [1.807, 2.05) is 36.4 Å². The van der Waals surface area contributed by atoms with Gasteiger partial charge in [0.05, 0.1) is 6.04 Å². The number of benzene rings is 2. The molecule has 2 aromatic rings.